The molecule has 0 amide bonds. The number of nitrogen functional groups attached to an aromatic ring is 1. The van der Waals surface area contributed by atoms with Gasteiger partial charge in [-0.2, -0.15) is 0 Å². The first-order valence-electron chi connectivity index (χ1n) is 6.09. The van der Waals surface area contributed by atoms with Gasteiger partial charge in [0.1, 0.15) is 5.03 Å². The first kappa shape index (κ1) is 13.6. The molecule has 0 aliphatic heterocycles. The summed E-state index contributed by atoms with van der Waals surface area (Å²) in [5.41, 5.74) is 8.19. The van der Waals surface area contributed by atoms with Gasteiger partial charge in [0.2, 0.25) is 0 Å². The third-order valence-corrected chi connectivity index (χ3v) is 3.55. The molecule has 0 radical (unpaired) electrons. The molecule has 0 spiro atoms. The molecule has 0 fully saturated rings. The minimum absolute atomic E-state index is 0.146. The van der Waals surface area contributed by atoms with Gasteiger partial charge >= 0.3 is 0 Å². The molecule has 2 aromatic rings. The van der Waals surface area contributed by atoms with Gasteiger partial charge in [0.05, 0.1) is 5.69 Å². The van der Waals surface area contributed by atoms with Crippen molar-refractivity contribution in [1.82, 2.24) is 15.0 Å². The fourth-order valence-electron chi connectivity index (χ4n) is 1.63. The fourth-order valence-corrected chi connectivity index (χ4v) is 2.52. The Morgan fingerprint density at radius 3 is 3.00 bits per heavy atom. The number of aromatic nitrogens is 3. The van der Waals surface area contributed by atoms with Crippen LogP contribution in [0.5, 0.6) is 0 Å². The van der Waals surface area contributed by atoms with Gasteiger partial charge in [-0.05, 0) is 36.7 Å². The predicted octanol–water partition coefficient (Wildman–Crippen LogP) is 2.16. The Kier molecular flexibility index (Phi) is 4.21. The molecule has 5 nitrogen and oxygen atoms in total. The molecule has 0 atom stereocenters. The number of aromatic amines is 1. The van der Waals surface area contributed by atoms with Gasteiger partial charge in [-0.3, -0.25) is 4.79 Å². The van der Waals surface area contributed by atoms with Crippen LogP contribution in [-0.2, 0) is 6.42 Å². The number of pyridine rings is 1. The molecule has 6 heteroatoms. The van der Waals surface area contributed by atoms with Crippen LogP contribution in [0.4, 0.5) is 5.69 Å². The molecule has 0 saturated heterocycles. The van der Waals surface area contributed by atoms with Crippen LogP contribution < -0.4 is 11.3 Å². The monoisotopic (exact) mass is 276 g/mol. The quantitative estimate of drug-likeness (QED) is 0.836. The van der Waals surface area contributed by atoms with E-state index in [0.29, 0.717) is 15.9 Å². The lowest BCUT2D eigenvalue weighted by Gasteiger charge is -2.06. The second-order valence-corrected chi connectivity index (χ2v) is 5.22. The van der Waals surface area contributed by atoms with Crippen molar-refractivity contribution in [2.75, 3.05) is 5.73 Å². The summed E-state index contributed by atoms with van der Waals surface area (Å²) in [6.45, 7) is 3.97. The number of hydrogen-bond acceptors (Lipinski definition) is 5. The predicted molar refractivity (Wildman–Crippen MR) is 76.4 cm³/mol. The lowest BCUT2D eigenvalue weighted by Crippen LogP contribution is -2.10. The van der Waals surface area contributed by atoms with Gasteiger partial charge in [0.25, 0.3) is 5.56 Å². The van der Waals surface area contributed by atoms with E-state index in [2.05, 4.69) is 21.9 Å². The maximum Gasteiger partial charge on any atom is 0.251 e. The number of H-pyrrole nitrogens is 1. The van der Waals surface area contributed by atoms with E-state index in [1.54, 1.807) is 6.20 Å². The molecule has 0 bridgehead atoms. The molecule has 3 N–H and O–H groups in total. The number of anilines is 1. The average Bonchev–Trinajstić information content (AvgIpc) is 2.35. The molecule has 100 valence electrons. The topological polar surface area (TPSA) is 84.7 Å². The number of aryl methyl sites for hydroxylation is 2. The van der Waals surface area contributed by atoms with Gasteiger partial charge in [-0.15, -0.1) is 0 Å². The van der Waals surface area contributed by atoms with Crippen LogP contribution in [0.25, 0.3) is 0 Å². The van der Waals surface area contributed by atoms with Gasteiger partial charge in [0.15, 0.2) is 5.16 Å². The van der Waals surface area contributed by atoms with Crippen molar-refractivity contribution < 1.29 is 0 Å². The molecule has 0 aliphatic carbocycles. The Morgan fingerprint density at radius 2 is 2.26 bits per heavy atom. The van der Waals surface area contributed by atoms with Crippen molar-refractivity contribution in [2.45, 2.75) is 36.9 Å². The van der Waals surface area contributed by atoms with Crippen LogP contribution in [0.3, 0.4) is 0 Å². The highest BCUT2D eigenvalue weighted by Gasteiger charge is 2.08. The van der Waals surface area contributed by atoms with Crippen LogP contribution in [0, 0.1) is 6.92 Å². The Morgan fingerprint density at radius 1 is 1.47 bits per heavy atom. The minimum atomic E-state index is -0.146. The summed E-state index contributed by atoms with van der Waals surface area (Å²) in [7, 11) is 0. The Labute approximate surface area is 115 Å². The van der Waals surface area contributed by atoms with Crippen LogP contribution in [0.2, 0.25) is 0 Å². The summed E-state index contributed by atoms with van der Waals surface area (Å²) in [4.78, 5) is 22.9. The zero-order valence-corrected chi connectivity index (χ0v) is 11.8. The second-order valence-electron chi connectivity index (χ2n) is 4.24. The smallest absolute Gasteiger partial charge is 0.251 e. The van der Waals surface area contributed by atoms with Crippen LogP contribution in [-0.4, -0.2) is 15.0 Å². The highest BCUT2D eigenvalue weighted by atomic mass is 32.2. The standard InChI is InChI=1S/C13H16N4OS/c1-3-4-9-7-10(18)17-13(16-9)19-12-11(14)8(2)5-6-15-12/h5-7H,3-4,14H2,1-2H3,(H,16,17,18). The van der Waals surface area contributed by atoms with E-state index in [0.717, 1.165) is 24.1 Å². The molecule has 0 aliphatic rings. The summed E-state index contributed by atoms with van der Waals surface area (Å²) in [5.74, 6) is 0. The van der Waals surface area contributed by atoms with E-state index in [4.69, 9.17) is 5.73 Å². The number of rotatable bonds is 4. The van der Waals surface area contributed by atoms with Crippen molar-refractivity contribution in [3.05, 3.63) is 39.9 Å². The first-order valence-corrected chi connectivity index (χ1v) is 6.91. The molecule has 0 aromatic carbocycles. The van der Waals surface area contributed by atoms with E-state index in [9.17, 15) is 4.79 Å². The first-order chi connectivity index (χ1) is 9.10. The second kappa shape index (κ2) is 5.88. The maximum atomic E-state index is 11.6. The number of nitrogens with two attached hydrogens (primary N) is 1. The maximum absolute atomic E-state index is 11.6. The minimum Gasteiger partial charge on any atom is -0.396 e. The molecule has 2 aromatic heterocycles. The molecule has 0 saturated carbocycles. The molecule has 2 heterocycles. The highest BCUT2D eigenvalue weighted by Crippen LogP contribution is 2.28. The van der Waals surface area contributed by atoms with Crippen molar-refractivity contribution >= 4 is 17.4 Å². The zero-order chi connectivity index (χ0) is 13.8. The highest BCUT2D eigenvalue weighted by molar-refractivity contribution is 7.99. The average molecular weight is 276 g/mol. The summed E-state index contributed by atoms with van der Waals surface area (Å²) < 4.78 is 0. The third kappa shape index (κ3) is 3.35. The lowest BCUT2D eigenvalue weighted by molar-refractivity contribution is 0.815. The number of hydrogen-bond donors (Lipinski definition) is 2. The number of nitrogens with zero attached hydrogens (tertiary/aromatic N) is 2. The Bertz CT molecular complexity index is 639. The Hall–Kier alpha value is -1.82. The molecular weight excluding hydrogens is 260 g/mol. The summed E-state index contributed by atoms with van der Waals surface area (Å²) in [5, 5.41) is 1.19. The van der Waals surface area contributed by atoms with E-state index >= 15 is 0 Å². The van der Waals surface area contributed by atoms with Gasteiger partial charge < -0.3 is 10.7 Å². The molecule has 0 unspecified atom stereocenters. The van der Waals surface area contributed by atoms with Crippen molar-refractivity contribution in [2.24, 2.45) is 0 Å². The largest absolute Gasteiger partial charge is 0.396 e. The lowest BCUT2D eigenvalue weighted by atomic mass is 10.2. The Balaban J connectivity index is 2.32. The summed E-state index contributed by atoms with van der Waals surface area (Å²) in [6.07, 6.45) is 3.43. The van der Waals surface area contributed by atoms with Gasteiger partial charge in [-0.1, -0.05) is 13.3 Å². The molecular formula is C13H16N4OS. The van der Waals surface area contributed by atoms with Crippen molar-refractivity contribution in [1.29, 1.82) is 0 Å². The molecule has 19 heavy (non-hydrogen) atoms. The normalized spacial score (nSPS) is 10.6. The molecule has 2 rings (SSSR count). The van der Waals surface area contributed by atoms with Gasteiger partial charge in [0, 0.05) is 18.0 Å². The van der Waals surface area contributed by atoms with Gasteiger partial charge in [-0.25, -0.2) is 9.97 Å². The third-order valence-electron chi connectivity index (χ3n) is 2.64. The van der Waals surface area contributed by atoms with E-state index in [1.165, 1.54) is 17.8 Å². The van der Waals surface area contributed by atoms with Crippen LogP contribution >= 0.6 is 11.8 Å². The summed E-state index contributed by atoms with van der Waals surface area (Å²) in [6, 6.07) is 3.38. The fraction of sp³-hybridized carbons (Fsp3) is 0.308. The van der Waals surface area contributed by atoms with E-state index in [-0.39, 0.29) is 5.56 Å². The van der Waals surface area contributed by atoms with E-state index < -0.39 is 0 Å². The van der Waals surface area contributed by atoms with Crippen LogP contribution in [0.1, 0.15) is 24.6 Å². The van der Waals surface area contributed by atoms with Crippen LogP contribution in [0.15, 0.2) is 33.3 Å². The van der Waals surface area contributed by atoms with Crippen molar-refractivity contribution in [3.8, 4) is 0 Å². The van der Waals surface area contributed by atoms with E-state index in [1.807, 2.05) is 13.0 Å². The van der Waals surface area contributed by atoms with Crippen molar-refractivity contribution in [3.63, 3.8) is 0 Å². The summed E-state index contributed by atoms with van der Waals surface area (Å²) >= 11 is 1.28. The SMILES string of the molecule is CCCc1cc(=O)[nH]c(Sc2nccc(C)c2N)n1. The zero-order valence-electron chi connectivity index (χ0n) is 10.9. The number of nitrogens with one attached hydrogen (secondary N) is 1.